The lowest BCUT2D eigenvalue weighted by molar-refractivity contribution is 0.101. The predicted octanol–water partition coefficient (Wildman–Crippen LogP) is 1.82. The zero-order valence-corrected chi connectivity index (χ0v) is 9.45. The van der Waals surface area contributed by atoms with Crippen molar-refractivity contribution >= 4 is 16.7 Å². The normalized spacial score (nSPS) is 10.4. The first kappa shape index (κ1) is 10.5. The number of hydrogen-bond acceptors (Lipinski definition) is 3. The first-order valence-corrected chi connectivity index (χ1v) is 5.48. The van der Waals surface area contributed by atoms with Crippen molar-refractivity contribution in [2.75, 3.05) is 5.43 Å². The van der Waals surface area contributed by atoms with E-state index in [1.54, 1.807) is 6.07 Å². The van der Waals surface area contributed by atoms with Gasteiger partial charge in [0.2, 0.25) is 0 Å². The second kappa shape index (κ2) is 4.29. The van der Waals surface area contributed by atoms with E-state index in [0.717, 1.165) is 10.8 Å². The highest BCUT2D eigenvalue weighted by atomic mass is 16.2. The molecular formula is C13H10N4O. The SMILES string of the molecule is O=C(Nn1cnnc1)c1ccc2ccccc2c1. The number of aromatic nitrogens is 3. The Morgan fingerprint density at radius 2 is 1.72 bits per heavy atom. The van der Waals surface area contributed by atoms with Crippen LogP contribution < -0.4 is 5.43 Å². The molecule has 1 aromatic heterocycles. The zero-order chi connectivity index (χ0) is 12.4. The molecule has 5 nitrogen and oxygen atoms in total. The maximum Gasteiger partial charge on any atom is 0.270 e. The highest BCUT2D eigenvalue weighted by Crippen LogP contribution is 2.15. The van der Waals surface area contributed by atoms with Gasteiger partial charge in [0.15, 0.2) is 0 Å². The molecule has 0 aliphatic rings. The molecule has 1 N–H and O–H groups in total. The summed E-state index contributed by atoms with van der Waals surface area (Å²) < 4.78 is 1.41. The number of nitrogens with zero attached hydrogens (tertiary/aromatic N) is 3. The quantitative estimate of drug-likeness (QED) is 0.740. The molecule has 1 heterocycles. The number of carbonyl (C=O) groups is 1. The van der Waals surface area contributed by atoms with Crippen LogP contribution in [0.4, 0.5) is 0 Å². The number of carbonyl (C=O) groups excluding carboxylic acids is 1. The summed E-state index contributed by atoms with van der Waals surface area (Å²) in [5, 5.41) is 9.38. The van der Waals surface area contributed by atoms with Gasteiger partial charge in [-0.25, -0.2) is 4.68 Å². The lowest BCUT2D eigenvalue weighted by Gasteiger charge is -2.05. The first-order valence-electron chi connectivity index (χ1n) is 5.48. The van der Waals surface area contributed by atoms with E-state index in [4.69, 9.17) is 0 Å². The second-order valence-corrected chi connectivity index (χ2v) is 3.87. The molecule has 3 rings (SSSR count). The summed E-state index contributed by atoms with van der Waals surface area (Å²) in [5.41, 5.74) is 3.26. The number of nitrogens with one attached hydrogen (secondary N) is 1. The van der Waals surface area contributed by atoms with E-state index in [1.807, 2.05) is 36.4 Å². The number of fused-ring (bicyclic) bond motifs is 1. The third-order valence-corrected chi connectivity index (χ3v) is 2.66. The Morgan fingerprint density at radius 1 is 1.00 bits per heavy atom. The van der Waals surface area contributed by atoms with Gasteiger partial charge in [-0.2, -0.15) is 0 Å². The molecular weight excluding hydrogens is 228 g/mol. The summed E-state index contributed by atoms with van der Waals surface area (Å²) >= 11 is 0. The molecule has 2 aromatic carbocycles. The van der Waals surface area contributed by atoms with Crippen LogP contribution in [0.1, 0.15) is 10.4 Å². The number of hydrogen-bond donors (Lipinski definition) is 1. The molecule has 0 saturated carbocycles. The lowest BCUT2D eigenvalue weighted by Crippen LogP contribution is -2.21. The molecule has 0 aliphatic carbocycles. The van der Waals surface area contributed by atoms with Crippen molar-refractivity contribution in [2.24, 2.45) is 0 Å². The van der Waals surface area contributed by atoms with Gasteiger partial charge in [0.05, 0.1) is 0 Å². The summed E-state index contributed by atoms with van der Waals surface area (Å²) in [6.07, 6.45) is 2.86. The Bertz CT molecular complexity index is 691. The van der Waals surface area contributed by atoms with Gasteiger partial charge in [0.1, 0.15) is 12.7 Å². The van der Waals surface area contributed by atoms with Crippen molar-refractivity contribution in [1.82, 2.24) is 14.9 Å². The number of amides is 1. The number of rotatable bonds is 2. The fourth-order valence-corrected chi connectivity index (χ4v) is 1.77. The predicted molar refractivity (Wildman–Crippen MR) is 67.7 cm³/mol. The minimum Gasteiger partial charge on any atom is -0.267 e. The maximum absolute atomic E-state index is 12.0. The van der Waals surface area contributed by atoms with Gasteiger partial charge in [0, 0.05) is 5.56 Å². The van der Waals surface area contributed by atoms with Crippen LogP contribution in [0.25, 0.3) is 10.8 Å². The molecule has 3 aromatic rings. The summed E-state index contributed by atoms with van der Waals surface area (Å²) in [7, 11) is 0. The minimum absolute atomic E-state index is 0.194. The minimum atomic E-state index is -0.194. The van der Waals surface area contributed by atoms with E-state index < -0.39 is 0 Å². The molecule has 0 saturated heterocycles. The van der Waals surface area contributed by atoms with Crippen LogP contribution in [0.5, 0.6) is 0 Å². The Balaban J connectivity index is 1.92. The van der Waals surface area contributed by atoms with Crippen molar-refractivity contribution in [2.45, 2.75) is 0 Å². The summed E-state index contributed by atoms with van der Waals surface area (Å²) in [6, 6.07) is 13.5. The molecule has 5 heteroatoms. The smallest absolute Gasteiger partial charge is 0.267 e. The largest absolute Gasteiger partial charge is 0.270 e. The van der Waals surface area contributed by atoms with Gasteiger partial charge in [-0.05, 0) is 22.9 Å². The lowest BCUT2D eigenvalue weighted by atomic mass is 10.1. The van der Waals surface area contributed by atoms with Crippen LogP contribution in [-0.2, 0) is 0 Å². The zero-order valence-electron chi connectivity index (χ0n) is 9.45. The van der Waals surface area contributed by atoms with Crippen molar-refractivity contribution in [3.05, 3.63) is 60.7 Å². The Labute approximate surface area is 103 Å². The van der Waals surface area contributed by atoms with Crippen molar-refractivity contribution < 1.29 is 4.79 Å². The summed E-state index contributed by atoms with van der Waals surface area (Å²) in [5.74, 6) is -0.194. The van der Waals surface area contributed by atoms with Crippen LogP contribution in [0.3, 0.4) is 0 Å². The van der Waals surface area contributed by atoms with Gasteiger partial charge in [0.25, 0.3) is 5.91 Å². The average Bonchev–Trinajstić information content (AvgIpc) is 2.91. The average molecular weight is 238 g/mol. The molecule has 18 heavy (non-hydrogen) atoms. The van der Waals surface area contributed by atoms with E-state index in [9.17, 15) is 4.79 Å². The van der Waals surface area contributed by atoms with Crippen LogP contribution in [-0.4, -0.2) is 20.8 Å². The third-order valence-electron chi connectivity index (χ3n) is 2.66. The molecule has 0 aliphatic heterocycles. The molecule has 0 bridgehead atoms. The van der Waals surface area contributed by atoms with Gasteiger partial charge in [-0.1, -0.05) is 30.3 Å². The fraction of sp³-hybridized carbons (Fsp3) is 0. The highest BCUT2D eigenvalue weighted by molar-refractivity contribution is 6.02. The topological polar surface area (TPSA) is 59.8 Å². The van der Waals surface area contributed by atoms with Crippen LogP contribution in [0.15, 0.2) is 55.1 Å². The van der Waals surface area contributed by atoms with E-state index in [0.29, 0.717) is 5.56 Å². The van der Waals surface area contributed by atoms with Gasteiger partial charge in [-0.3, -0.25) is 10.2 Å². The standard InChI is InChI=1S/C13H10N4O/c18-13(16-17-8-14-15-9-17)12-6-5-10-3-1-2-4-11(10)7-12/h1-9H,(H,16,18). The van der Waals surface area contributed by atoms with Crippen LogP contribution in [0, 0.1) is 0 Å². The van der Waals surface area contributed by atoms with E-state index in [-0.39, 0.29) is 5.91 Å². The molecule has 88 valence electrons. The van der Waals surface area contributed by atoms with Crippen LogP contribution >= 0.6 is 0 Å². The van der Waals surface area contributed by atoms with E-state index in [2.05, 4.69) is 15.6 Å². The molecule has 0 atom stereocenters. The first-order chi connectivity index (χ1) is 8.83. The van der Waals surface area contributed by atoms with E-state index in [1.165, 1.54) is 17.3 Å². The molecule has 0 unspecified atom stereocenters. The van der Waals surface area contributed by atoms with Crippen molar-refractivity contribution in [3.8, 4) is 0 Å². The maximum atomic E-state index is 12.0. The Hall–Kier alpha value is -2.69. The Kier molecular flexibility index (Phi) is 2.49. The van der Waals surface area contributed by atoms with Gasteiger partial charge >= 0.3 is 0 Å². The Morgan fingerprint density at radius 3 is 2.50 bits per heavy atom. The second-order valence-electron chi connectivity index (χ2n) is 3.87. The van der Waals surface area contributed by atoms with E-state index >= 15 is 0 Å². The summed E-state index contributed by atoms with van der Waals surface area (Å²) in [6.45, 7) is 0. The molecule has 0 radical (unpaired) electrons. The van der Waals surface area contributed by atoms with Crippen LogP contribution in [0.2, 0.25) is 0 Å². The van der Waals surface area contributed by atoms with Crippen molar-refractivity contribution in [3.63, 3.8) is 0 Å². The summed E-state index contributed by atoms with van der Waals surface area (Å²) in [4.78, 5) is 12.0. The third kappa shape index (κ3) is 1.93. The fourth-order valence-electron chi connectivity index (χ4n) is 1.77. The van der Waals surface area contributed by atoms with Gasteiger partial charge < -0.3 is 0 Å². The molecule has 0 spiro atoms. The molecule has 0 fully saturated rings. The molecule has 1 amide bonds. The highest BCUT2D eigenvalue weighted by Gasteiger charge is 2.06. The number of benzene rings is 2. The van der Waals surface area contributed by atoms with Gasteiger partial charge in [-0.15, -0.1) is 10.2 Å². The van der Waals surface area contributed by atoms with Crippen molar-refractivity contribution in [1.29, 1.82) is 0 Å². The monoisotopic (exact) mass is 238 g/mol.